The summed E-state index contributed by atoms with van der Waals surface area (Å²) in [5, 5.41) is 2.17. The first-order valence-corrected chi connectivity index (χ1v) is 8.63. The molecule has 1 saturated heterocycles. The highest BCUT2D eigenvalue weighted by Gasteiger charge is 2.37. The quantitative estimate of drug-likeness (QED) is 0.588. The number of carbonyl (C=O) groups is 3. The van der Waals surface area contributed by atoms with Crippen LogP contribution >= 0.6 is 15.9 Å². The van der Waals surface area contributed by atoms with E-state index in [0.717, 1.165) is 4.90 Å². The maximum absolute atomic E-state index is 12.8. The number of ether oxygens (including phenoxy) is 1. The molecule has 3 rings (SSSR count). The second-order valence-corrected chi connectivity index (χ2v) is 6.71. The van der Waals surface area contributed by atoms with Gasteiger partial charge in [-0.15, -0.1) is 0 Å². The van der Waals surface area contributed by atoms with E-state index in [9.17, 15) is 14.4 Å². The topological polar surface area (TPSA) is 92.1 Å². The number of hydrogen-bond donors (Lipinski definition) is 1. The molecule has 1 aliphatic rings. The predicted octanol–water partition coefficient (Wildman–Crippen LogP) is 2.78. The van der Waals surface area contributed by atoms with E-state index in [1.54, 1.807) is 49.3 Å². The van der Waals surface area contributed by atoms with Crippen LogP contribution in [0.2, 0.25) is 0 Å². The van der Waals surface area contributed by atoms with E-state index >= 15 is 0 Å². The fourth-order valence-electron chi connectivity index (χ4n) is 2.52. The van der Waals surface area contributed by atoms with Gasteiger partial charge in [-0.25, -0.2) is 9.69 Å². The van der Waals surface area contributed by atoms with Crippen molar-refractivity contribution in [1.29, 1.82) is 0 Å². The number of urea groups is 1. The molecule has 1 aromatic carbocycles. The second-order valence-electron chi connectivity index (χ2n) is 5.85. The standard InChI is InChI=1S/C18H16BrN3O5/c1-21(2)17-14(19)9-12(27-17)8-13-15(23)20-18(25)22(16(13)24)10-4-6-11(26-3)7-5-10/h4-9H,1-3H3,(H,20,23,25)/b13-8+. The highest BCUT2D eigenvalue weighted by Crippen LogP contribution is 2.31. The van der Waals surface area contributed by atoms with Gasteiger partial charge in [0.05, 0.1) is 17.3 Å². The summed E-state index contributed by atoms with van der Waals surface area (Å²) in [6, 6.07) is 7.15. The Morgan fingerprint density at radius 1 is 1.19 bits per heavy atom. The Morgan fingerprint density at radius 2 is 1.85 bits per heavy atom. The maximum Gasteiger partial charge on any atom is 0.335 e. The van der Waals surface area contributed by atoms with Gasteiger partial charge in [0.15, 0.2) is 0 Å². The Kier molecular flexibility index (Phi) is 5.04. The predicted molar refractivity (Wildman–Crippen MR) is 103 cm³/mol. The molecule has 0 saturated carbocycles. The molecule has 1 aromatic heterocycles. The van der Waals surface area contributed by atoms with Crippen molar-refractivity contribution >= 4 is 51.4 Å². The van der Waals surface area contributed by atoms with Gasteiger partial charge in [0, 0.05) is 20.2 Å². The number of amides is 4. The molecule has 0 bridgehead atoms. The number of rotatable bonds is 4. The van der Waals surface area contributed by atoms with Crippen molar-refractivity contribution in [1.82, 2.24) is 5.32 Å². The summed E-state index contributed by atoms with van der Waals surface area (Å²) in [6.07, 6.45) is 1.30. The van der Waals surface area contributed by atoms with Crippen molar-refractivity contribution in [3.63, 3.8) is 0 Å². The summed E-state index contributed by atoms with van der Waals surface area (Å²) in [5.74, 6) is -0.115. The smallest absolute Gasteiger partial charge is 0.335 e. The van der Waals surface area contributed by atoms with Crippen LogP contribution in [0.15, 0.2) is 44.8 Å². The first-order chi connectivity index (χ1) is 12.8. The van der Waals surface area contributed by atoms with Gasteiger partial charge in [0.1, 0.15) is 17.1 Å². The molecule has 1 N–H and O–H groups in total. The van der Waals surface area contributed by atoms with Crippen LogP contribution in [0.1, 0.15) is 5.76 Å². The molecule has 1 fully saturated rings. The normalized spacial score (nSPS) is 15.9. The van der Waals surface area contributed by atoms with E-state index in [2.05, 4.69) is 21.2 Å². The number of nitrogens with zero attached hydrogens (tertiary/aromatic N) is 2. The van der Waals surface area contributed by atoms with Crippen LogP contribution in [-0.2, 0) is 9.59 Å². The van der Waals surface area contributed by atoms with Crippen LogP contribution in [0, 0.1) is 0 Å². The number of methoxy groups -OCH3 is 1. The third-order valence-electron chi connectivity index (χ3n) is 3.81. The molecule has 0 aliphatic carbocycles. The van der Waals surface area contributed by atoms with Crippen LogP contribution < -0.4 is 19.9 Å². The van der Waals surface area contributed by atoms with E-state index < -0.39 is 17.8 Å². The Labute approximate surface area is 163 Å². The Bertz CT molecular complexity index is 946. The minimum atomic E-state index is -0.818. The number of anilines is 2. The monoisotopic (exact) mass is 433 g/mol. The van der Waals surface area contributed by atoms with Crippen molar-refractivity contribution in [3.8, 4) is 5.75 Å². The fourth-order valence-corrected chi connectivity index (χ4v) is 3.18. The molecular formula is C18H16BrN3O5. The number of nitrogens with one attached hydrogen (secondary N) is 1. The van der Waals surface area contributed by atoms with Crippen molar-refractivity contribution in [2.45, 2.75) is 0 Å². The van der Waals surface area contributed by atoms with Crippen molar-refractivity contribution in [2.24, 2.45) is 0 Å². The number of halogens is 1. The fraction of sp³-hybridized carbons (Fsp3) is 0.167. The zero-order valence-electron chi connectivity index (χ0n) is 14.8. The SMILES string of the molecule is COc1ccc(N2C(=O)NC(=O)/C(=C\c3cc(Br)c(N(C)C)o3)C2=O)cc1. The number of barbiturate groups is 1. The molecule has 8 nitrogen and oxygen atoms in total. The van der Waals surface area contributed by atoms with Crippen LogP contribution in [0.3, 0.4) is 0 Å². The summed E-state index contributed by atoms with van der Waals surface area (Å²) < 4.78 is 11.4. The van der Waals surface area contributed by atoms with E-state index in [0.29, 0.717) is 27.6 Å². The van der Waals surface area contributed by atoms with Crippen molar-refractivity contribution in [2.75, 3.05) is 31.0 Å². The van der Waals surface area contributed by atoms with Gasteiger partial charge in [-0.1, -0.05) is 0 Å². The van der Waals surface area contributed by atoms with Crippen LogP contribution in [-0.4, -0.2) is 39.1 Å². The second kappa shape index (κ2) is 7.28. The van der Waals surface area contributed by atoms with Crippen molar-refractivity contribution < 1.29 is 23.5 Å². The highest BCUT2D eigenvalue weighted by atomic mass is 79.9. The maximum atomic E-state index is 12.8. The Balaban J connectivity index is 1.98. The van der Waals surface area contributed by atoms with E-state index in [1.807, 2.05) is 0 Å². The van der Waals surface area contributed by atoms with Crippen LogP contribution in [0.4, 0.5) is 16.4 Å². The van der Waals surface area contributed by atoms with E-state index in [4.69, 9.17) is 9.15 Å². The van der Waals surface area contributed by atoms with Crippen LogP contribution in [0.25, 0.3) is 6.08 Å². The first kappa shape index (κ1) is 18.7. The molecule has 9 heteroatoms. The molecule has 4 amide bonds. The van der Waals surface area contributed by atoms with Gasteiger partial charge in [-0.05, 0) is 46.3 Å². The summed E-state index contributed by atoms with van der Waals surface area (Å²) in [4.78, 5) is 39.8. The summed E-state index contributed by atoms with van der Waals surface area (Å²) in [7, 11) is 5.10. The Hall–Kier alpha value is -3.07. The van der Waals surface area contributed by atoms with Gasteiger partial charge in [0.2, 0.25) is 5.88 Å². The summed E-state index contributed by atoms with van der Waals surface area (Å²) >= 11 is 3.36. The third-order valence-corrected chi connectivity index (χ3v) is 4.38. The van der Waals surface area contributed by atoms with E-state index in [-0.39, 0.29) is 5.57 Å². The van der Waals surface area contributed by atoms with Gasteiger partial charge in [-0.2, -0.15) is 0 Å². The first-order valence-electron chi connectivity index (χ1n) is 7.84. The number of imide groups is 2. The number of benzene rings is 1. The lowest BCUT2D eigenvalue weighted by atomic mass is 10.1. The van der Waals surface area contributed by atoms with Gasteiger partial charge >= 0.3 is 6.03 Å². The van der Waals surface area contributed by atoms with E-state index in [1.165, 1.54) is 13.2 Å². The number of furan rings is 1. The van der Waals surface area contributed by atoms with Gasteiger partial charge in [-0.3, -0.25) is 14.9 Å². The zero-order chi connectivity index (χ0) is 19.7. The van der Waals surface area contributed by atoms with Gasteiger partial charge in [0.25, 0.3) is 11.8 Å². The lowest BCUT2D eigenvalue weighted by molar-refractivity contribution is -0.122. The highest BCUT2D eigenvalue weighted by molar-refractivity contribution is 9.10. The molecule has 0 atom stereocenters. The number of hydrogen-bond acceptors (Lipinski definition) is 6. The molecule has 0 unspecified atom stereocenters. The molecule has 27 heavy (non-hydrogen) atoms. The molecule has 1 aliphatic heterocycles. The molecule has 2 aromatic rings. The van der Waals surface area contributed by atoms with Crippen molar-refractivity contribution in [3.05, 3.63) is 46.1 Å². The average molecular weight is 434 g/mol. The summed E-state index contributed by atoms with van der Waals surface area (Å²) in [6.45, 7) is 0. The molecule has 2 heterocycles. The lowest BCUT2D eigenvalue weighted by Crippen LogP contribution is -2.54. The Morgan fingerprint density at radius 3 is 2.41 bits per heavy atom. The largest absolute Gasteiger partial charge is 0.497 e. The minimum absolute atomic E-state index is 0.211. The lowest BCUT2D eigenvalue weighted by Gasteiger charge is -2.26. The molecular weight excluding hydrogens is 418 g/mol. The zero-order valence-corrected chi connectivity index (χ0v) is 16.4. The minimum Gasteiger partial charge on any atom is -0.497 e. The molecule has 0 spiro atoms. The van der Waals surface area contributed by atoms with Crippen LogP contribution in [0.5, 0.6) is 5.75 Å². The third kappa shape index (κ3) is 3.59. The summed E-state index contributed by atoms with van der Waals surface area (Å²) in [5.41, 5.74) is 0.100. The average Bonchev–Trinajstić information content (AvgIpc) is 3.00. The number of carbonyl (C=O) groups excluding carboxylic acids is 3. The van der Waals surface area contributed by atoms with Gasteiger partial charge < -0.3 is 14.1 Å². The molecule has 140 valence electrons. The molecule has 0 radical (unpaired) electrons.